The number of benzene rings is 1. The largest absolute Gasteiger partial charge is 0.392 e. The topological polar surface area (TPSA) is 43.7 Å². The van der Waals surface area contributed by atoms with E-state index in [9.17, 15) is 10.2 Å². The van der Waals surface area contributed by atoms with Crippen LogP contribution in [0, 0.1) is 6.92 Å². The summed E-state index contributed by atoms with van der Waals surface area (Å²) in [6, 6.07) is 8.30. The van der Waals surface area contributed by atoms with E-state index in [4.69, 9.17) is 0 Å². The van der Waals surface area contributed by atoms with Gasteiger partial charge >= 0.3 is 0 Å². The van der Waals surface area contributed by atoms with Crippen molar-refractivity contribution in [3.05, 3.63) is 41.0 Å². The van der Waals surface area contributed by atoms with E-state index >= 15 is 0 Å². The number of rotatable bonds is 3. The normalized spacial score (nSPS) is 16.1. The molecular formula is C13H17NO2. The average Bonchev–Trinajstić information content (AvgIpc) is 2.73. The fourth-order valence-electron chi connectivity index (χ4n) is 2.00. The van der Waals surface area contributed by atoms with Crippen LogP contribution in [0.2, 0.25) is 0 Å². The second-order valence-electron chi connectivity index (χ2n) is 4.21. The van der Waals surface area contributed by atoms with Crippen LogP contribution in [0.25, 0.3) is 0 Å². The fraction of sp³-hybridized carbons (Fsp3) is 0.385. The Kier molecular flexibility index (Phi) is 3.27. The quantitative estimate of drug-likeness (QED) is 0.748. The Labute approximate surface area is 95.6 Å². The number of aliphatic hydroxyl groups excluding tert-OH is 2. The molecule has 0 amide bonds. The summed E-state index contributed by atoms with van der Waals surface area (Å²) in [5, 5.41) is 18.4. The summed E-state index contributed by atoms with van der Waals surface area (Å²) in [7, 11) is 0. The van der Waals surface area contributed by atoms with E-state index in [-0.39, 0.29) is 13.2 Å². The first-order valence-corrected chi connectivity index (χ1v) is 5.47. The highest BCUT2D eigenvalue weighted by atomic mass is 16.3. The molecule has 0 bridgehead atoms. The van der Waals surface area contributed by atoms with Crippen molar-refractivity contribution in [3.8, 4) is 0 Å². The van der Waals surface area contributed by atoms with Crippen molar-refractivity contribution >= 4 is 5.69 Å². The average molecular weight is 219 g/mol. The summed E-state index contributed by atoms with van der Waals surface area (Å²) >= 11 is 0. The van der Waals surface area contributed by atoms with Crippen molar-refractivity contribution in [2.45, 2.75) is 6.92 Å². The minimum Gasteiger partial charge on any atom is -0.392 e. The highest BCUT2D eigenvalue weighted by Crippen LogP contribution is 2.24. The lowest BCUT2D eigenvalue weighted by Crippen LogP contribution is -2.21. The third-order valence-electron chi connectivity index (χ3n) is 3.04. The molecule has 0 atom stereocenters. The predicted octanol–water partition coefficient (Wildman–Crippen LogP) is 1.10. The Bertz CT molecular complexity index is 379. The standard InChI is InChI=1S/C13H17NO2/c1-10-2-4-13(5-3-10)14-6-11(8-15)12(7-14)9-16/h2-5,15-16H,6-9H2,1H3. The molecule has 86 valence electrons. The van der Waals surface area contributed by atoms with E-state index in [2.05, 4.69) is 36.1 Å². The molecule has 0 aliphatic carbocycles. The van der Waals surface area contributed by atoms with E-state index < -0.39 is 0 Å². The summed E-state index contributed by atoms with van der Waals surface area (Å²) in [6.07, 6.45) is 0. The lowest BCUT2D eigenvalue weighted by molar-refractivity contribution is 0.313. The number of hydrogen-bond donors (Lipinski definition) is 2. The Morgan fingerprint density at radius 1 is 1.00 bits per heavy atom. The first-order chi connectivity index (χ1) is 7.74. The van der Waals surface area contributed by atoms with Crippen LogP contribution in [0.1, 0.15) is 5.56 Å². The minimum absolute atomic E-state index is 0.0399. The first-order valence-electron chi connectivity index (χ1n) is 5.47. The van der Waals surface area contributed by atoms with Crippen molar-refractivity contribution in [2.24, 2.45) is 0 Å². The van der Waals surface area contributed by atoms with E-state index in [1.165, 1.54) is 5.56 Å². The zero-order valence-corrected chi connectivity index (χ0v) is 9.48. The van der Waals surface area contributed by atoms with Crippen LogP contribution in [0.4, 0.5) is 5.69 Å². The second-order valence-corrected chi connectivity index (χ2v) is 4.21. The van der Waals surface area contributed by atoms with Gasteiger partial charge in [0.05, 0.1) is 13.2 Å². The van der Waals surface area contributed by atoms with Crippen molar-refractivity contribution in [1.82, 2.24) is 0 Å². The Morgan fingerprint density at radius 2 is 1.50 bits per heavy atom. The number of nitrogens with zero attached hydrogens (tertiary/aromatic N) is 1. The van der Waals surface area contributed by atoms with Crippen LogP contribution in [0.5, 0.6) is 0 Å². The van der Waals surface area contributed by atoms with Gasteiger partial charge in [-0.15, -0.1) is 0 Å². The maximum atomic E-state index is 9.18. The molecule has 0 saturated carbocycles. The van der Waals surface area contributed by atoms with Crippen LogP contribution in [0.15, 0.2) is 35.4 Å². The molecule has 16 heavy (non-hydrogen) atoms. The molecule has 0 fully saturated rings. The molecule has 1 heterocycles. The highest BCUT2D eigenvalue weighted by Gasteiger charge is 2.20. The van der Waals surface area contributed by atoms with Gasteiger partial charge in [-0.1, -0.05) is 17.7 Å². The van der Waals surface area contributed by atoms with Gasteiger partial charge in [0.25, 0.3) is 0 Å². The zero-order chi connectivity index (χ0) is 11.5. The van der Waals surface area contributed by atoms with E-state index in [1.807, 2.05) is 0 Å². The fourth-order valence-corrected chi connectivity index (χ4v) is 2.00. The predicted molar refractivity (Wildman–Crippen MR) is 64.6 cm³/mol. The van der Waals surface area contributed by atoms with Gasteiger partial charge in [-0.3, -0.25) is 0 Å². The summed E-state index contributed by atoms with van der Waals surface area (Å²) in [5.41, 5.74) is 4.27. The summed E-state index contributed by atoms with van der Waals surface area (Å²) in [4.78, 5) is 2.16. The van der Waals surface area contributed by atoms with Crippen molar-refractivity contribution in [2.75, 3.05) is 31.2 Å². The molecule has 3 heteroatoms. The van der Waals surface area contributed by atoms with E-state index in [0.29, 0.717) is 0 Å². The molecule has 0 spiro atoms. The summed E-state index contributed by atoms with van der Waals surface area (Å²) in [5.74, 6) is 0. The number of anilines is 1. The molecule has 3 nitrogen and oxygen atoms in total. The molecule has 1 aliphatic rings. The molecule has 0 unspecified atom stereocenters. The Morgan fingerprint density at radius 3 is 1.94 bits per heavy atom. The van der Waals surface area contributed by atoms with Gasteiger partial charge in [0.1, 0.15) is 0 Å². The molecule has 1 aromatic carbocycles. The molecule has 0 saturated heterocycles. The molecule has 0 aromatic heterocycles. The molecule has 2 N–H and O–H groups in total. The van der Waals surface area contributed by atoms with Crippen LogP contribution >= 0.6 is 0 Å². The highest BCUT2D eigenvalue weighted by molar-refractivity contribution is 5.53. The van der Waals surface area contributed by atoms with E-state index in [0.717, 1.165) is 29.9 Å². The van der Waals surface area contributed by atoms with Crippen LogP contribution in [-0.2, 0) is 0 Å². The number of hydrogen-bond acceptors (Lipinski definition) is 3. The third-order valence-corrected chi connectivity index (χ3v) is 3.04. The molecule has 0 radical (unpaired) electrons. The van der Waals surface area contributed by atoms with Gasteiger partial charge in [-0.2, -0.15) is 0 Å². The molecular weight excluding hydrogens is 202 g/mol. The SMILES string of the molecule is Cc1ccc(N2CC(CO)=C(CO)C2)cc1. The van der Waals surface area contributed by atoms with Gasteiger partial charge < -0.3 is 15.1 Å². The molecule has 1 aliphatic heterocycles. The summed E-state index contributed by atoms with van der Waals surface area (Å²) in [6.45, 7) is 3.58. The van der Waals surface area contributed by atoms with Crippen LogP contribution in [0.3, 0.4) is 0 Å². The van der Waals surface area contributed by atoms with Crippen molar-refractivity contribution < 1.29 is 10.2 Å². The zero-order valence-electron chi connectivity index (χ0n) is 9.48. The first kappa shape index (κ1) is 11.2. The van der Waals surface area contributed by atoms with Gasteiger partial charge in [-0.05, 0) is 30.2 Å². The van der Waals surface area contributed by atoms with Crippen LogP contribution < -0.4 is 4.90 Å². The van der Waals surface area contributed by atoms with Gasteiger partial charge in [0, 0.05) is 18.8 Å². The van der Waals surface area contributed by atoms with Gasteiger partial charge in [0.2, 0.25) is 0 Å². The van der Waals surface area contributed by atoms with E-state index in [1.54, 1.807) is 0 Å². The monoisotopic (exact) mass is 219 g/mol. The van der Waals surface area contributed by atoms with Crippen molar-refractivity contribution in [1.29, 1.82) is 0 Å². The Hall–Kier alpha value is -1.32. The Balaban J connectivity index is 2.13. The maximum absolute atomic E-state index is 9.18. The smallest absolute Gasteiger partial charge is 0.0662 e. The van der Waals surface area contributed by atoms with Crippen molar-refractivity contribution in [3.63, 3.8) is 0 Å². The van der Waals surface area contributed by atoms with Gasteiger partial charge in [-0.25, -0.2) is 0 Å². The second kappa shape index (κ2) is 4.68. The van der Waals surface area contributed by atoms with Crippen LogP contribution in [-0.4, -0.2) is 36.5 Å². The molecule has 1 aromatic rings. The maximum Gasteiger partial charge on any atom is 0.0662 e. The number of aryl methyl sites for hydroxylation is 1. The third kappa shape index (κ3) is 2.10. The lowest BCUT2D eigenvalue weighted by atomic mass is 10.2. The lowest BCUT2D eigenvalue weighted by Gasteiger charge is -2.19. The minimum atomic E-state index is 0.0399. The number of aliphatic hydroxyl groups is 2. The van der Waals surface area contributed by atoms with Gasteiger partial charge in [0.15, 0.2) is 0 Å². The summed E-state index contributed by atoms with van der Waals surface area (Å²) < 4.78 is 0. The molecule has 2 rings (SSSR count).